The summed E-state index contributed by atoms with van der Waals surface area (Å²) in [4.78, 5) is 20.0. The van der Waals surface area contributed by atoms with E-state index in [0.29, 0.717) is 0 Å². The van der Waals surface area contributed by atoms with E-state index in [1.165, 1.54) is 0 Å². The van der Waals surface area contributed by atoms with Crippen LogP contribution in [-0.2, 0) is 4.74 Å². The molecule has 0 atom stereocenters. The number of rotatable bonds is 5. The van der Waals surface area contributed by atoms with Crippen molar-refractivity contribution in [2.24, 2.45) is 4.99 Å². The number of pyridine rings is 2. The molecule has 1 aliphatic rings. The fourth-order valence-electron chi connectivity index (χ4n) is 3.40. The number of hydrogen-bond donors (Lipinski definition) is 0. The summed E-state index contributed by atoms with van der Waals surface area (Å²) >= 11 is 0. The molecule has 0 unspecified atom stereocenters. The van der Waals surface area contributed by atoms with Gasteiger partial charge in [0.2, 0.25) is 0 Å². The molecule has 7 nitrogen and oxygen atoms in total. The fourth-order valence-corrected chi connectivity index (χ4v) is 3.40. The normalized spacial score (nSPS) is 14.5. The van der Waals surface area contributed by atoms with Crippen molar-refractivity contribution in [3.05, 3.63) is 59.9 Å². The first-order chi connectivity index (χ1) is 14.2. The van der Waals surface area contributed by atoms with E-state index in [-0.39, 0.29) is 0 Å². The first-order valence-electron chi connectivity index (χ1n) is 9.61. The number of anilines is 1. The molecule has 0 bridgehead atoms. The van der Waals surface area contributed by atoms with Crippen LogP contribution in [0.3, 0.4) is 0 Å². The molecule has 0 aliphatic carbocycles. The number of imidazole rings is 1. The van der Waals surface area contributed by atoms with Crippen LogP contribution in [0.5, 0.6) is 0 Å². The lowest BCUT2D eigenvalue weighted by Gasteiger charge is -2.27. The highest BCUT2D eigenvalue weighted by Gasteiger charge is 2.17. The molecular weight excluding hydrogens is 364 g/mol. The van der Waals surface area contributed by atoms with Crippen molar-refractivity contribution < 1.29 is 4.74 Å². The maximum absolute atomic E-state index is 5.43. The summed E-state index contributed by atoms with van der Waals surface area (Å²) in [5, 5.41) is 0. The second-order valence-electron chi connectivity index (χ2n) is 6.90. The van der Waals surface area contributed by atoms with Crippen molar-refractivity contribution in [2.75, 3.05) is 31.2 Å². The number of aromatic nitrogens is 4. The second-order valence-corrected chi connectivity index (χ2v) is 6.90. The zero-order valence-corrected chi connectivity index (χ0v) is 16.7. The fraction of sp³-hybridized carbons (Fsp3) is 0.273. The topological polar surface area (TPSA) is 68.4 Å². The highest BCUT2D eigenvalue weighted by Crippen LogP contribution is 2.27. The molecule has 0 amide bonds. The molecular formula is C22H24N6O. The lowest BCUT2D eigenvalue weighted by molar-refractivity contribution is 0.122. The van der Waals surface area contributed by atoms with Crippen molar-refractivity contribution in [1.29, 1.82) is 0 Å². The van der Waals surface area contributed by atoms with Gasteiger partial charge in [-0.05, 0) is 50.9 Å². The number of ether oxygens (including phenoxy) is 1. The summed E-state index contributed by atoms with van der Waals surface area (Å²) in [6, 6.07) is 8.16. The lowest BCUT2D eigenvalue weighted by Crippen LogP contribution is -2.36. The SMILES string of the molecule is C=N/C=C\c1nc(-c2ccc(N3CCOCC3)nc2)n(-c2ccc(C)nc2)c1C. The summed E-state index contributed by atoms with van der Waals surface area (Å²) in [7, 11) is 0. The average molecular weight is 388 g/mol. The molecule has 4 rings (SSSR count). The number of hydrogen-bond acceptors (Lipinski definition) is 6. The molecule has 4 heterocycles. The Hall–Kier alpha value is -3.32. The van der Waals surface area contributed by atoms with Gasteiger partial charge in [0.25, 0.3) is 0 Å². The molecule has 148 valence electrons. The van der Waals surface area contributed by atoms with Gasteiger partial charge in [0.05, 0.1) is 30.8 Å². The molecule has 1 aliphatic heterocycles. The molecule has 29 heavy (non-hydrogen) atoms. The van der Waals surface area contributed by atoms with Gasteiger partial charge in [0.1, 0.15) is 11.6 Å². The molecule has 0 radical (unpaired) electrons. The maximum atomic E-state index is 5.43. The van der Waals surface area contributed by atoms with Crippen LogP contribution in [0.4, 0.5) is 5.82 Å². The van der Waals surface area contributed by atoms with Gasteiger partial charge in [0.15, 0.2) is 0 Å². The van der Waals surface area contributed by atoms with E-state index < -0.39 is 0 Å². The van der Waals surface area contributed by atoms with Gasteiger partial charge < -0.3 is 9.64 Å². The second kappa shape index (κ2) is 8.36. The Balaban J connectivity index is 1.76. The highest BCUT2D eigenvalue weighted by molar-refractivity contribution is 5.65. The molecule has 3 aromatic rings. The van der Waals surface area contributed by atoms with Crippen LogP contribution in [0.15, 0.2) is 47.9 Å². The summed E-state index contributed by atoms with van der Waals surface area (Å²) < 4.78 is 7.53. The number of aryl methyl sites for hydroxylation is 1. The van der Waals surface area contributed by atoms with E-state index in [9.17, 15) is 0 Å². The van der Waals surface area contributed by atoms with E-state index in [4.69, 9.17) is 9.72 Å². The molecule has 0 aromatic carbocycles. The van der Waals surface area contributed by atoms with Gasteiger partial charge in [-0.2, -0.15) is 0 Å². The number of aliphatic imine (C=N–C) groups is 1. The van der Waals surface area contributed by atoms with Gasteiger partial charge in [-0.25, -0.2) is 9.97 Å². The van der Waals surface area contributed by atoms with E-state index in [1.54, 1.807) is 6.20 Å². The highest BCUT2D eigenvalue weighted by atomic mass is 16.5. The summed E-state index contributed by atoms with van der Waals surface area (Å²) in [6.45, 7) is 10.7. The third-order valence-electron chi connectivity index (χ3n) is 4.98. The van der Waals surface area contributed by atoms with Crippen molar-refractivity contribution in [3.63, 3.8) is 0 Å². The Kier molecular flexibility index (Phi) is 5.48. The van der Waals surface area contributed by atoms with Gasteiger partial charge in [0, 0.05) is 42.4 Å². The third-order valence-corrected chi connectivity index (χ3v) is 4.98. The molecule has 7 heteroatoms. The third kappa shape index (κ3) is 3.95. The van der Waals surface area contributed by atoms with Gasteiger partial charge in [-0.15, -0.1) is 0 Å². The molecule has 0 N–H and O–H groups in total. The maximum Gasteiger partial charge on any atom is 0.147 e. The van der Waals surface area contributed by atoms with Crippen LogP contribution < -0.4 is 4.90 Å². The summed E-state index contributed by atoms with van der Waals surface area (Å²) in [6.07, 6.45) is 7.25. The van der Waals surface area contributed by atoms with E-state index in [1.807, 2.05) is 44.4 Å². The quantitative estimate of drug-likeness (QED) is 0.626. The monoisotopic (exact) mass is 388 g/mol. The minimum Gasteiger partial charge on any atom is -0.378 e. The number of morpholine rings is 1. The molecule has 1 fully saturated rings. The molecule has 0 spiro atoms. The molecule has 3 aromatic heterocycles. The Morgan fingerprint density at radius 2 is 1.90 bits per heavy atom. The van der Waals surface area contributed by atoms with E-state index >= 15 is 0 Å². The van der Waals surface area contributed by atoms with Gasteiger partial charge in [-0.1, -0.05) is 0 Å². The zero-order valence-electron chi connectivity index (χ0n) is 16.7. The summed E-state index contributed by atoms with van der Waals surface area (Å²) in [5.41, 5.74) is 4.71. The predicted octanol–water partition coefficient (Wildman–Crippen LogP) is 3.45. The smallest absolute Gasteiger partial charge is 0.147 e. The van der Waals surface area contributed by atoms with Crippen LogP contribution in [0, 0.1) is 13.8 Å². The Bertz CT molecular complexity index is 1010. The Labute approximate surface area is 170 Å². The average Bonchev–Trinajstić information content (AvgIpc) is 3.10. The largest absolute Gasteiger partial charge is 0.378 e. The van der Waals surface area contributed by atoms with Crippen molar-refractivity contribution >= 4 is 18.6 Å². The lowest BCUT2D eigenvalue weighted by atomic mass is 10.2. The predicted molar refractivity (Wildman–Crippen MR) is 116 cm³/mol. The minimum absolute atomic E-state index is 0.737. The van der Waals surface area contributed by atoms with Crippen LogP contribution >= 0.6 is 0 Å². The Morgan fingerprint density at radius 1 is 1.07 bits per heavy atom. The van der Waals surface area contributed by atoms with Crippen molar-refractivity contribution in [2.45, 2.75) is 13.8 Å². The van der Waals surface area contributed by atoms with Crippen molar-refractivity contribution in [1.82, 2.24) is 19.5 Å². The van der Waals surface area contributed by atoms with Crippen molar-refractivity contribution in [3.8, 4) is 17.1 Å². The van der Waals surface area contributed by atoms with Gasteiger partial charge in [-0.3, -0.25) is 14.5 Å². The first-order valence-corrected chi connectivity index (χ1v) is 9.61. The standard InChI is InChI=1S/C22H24N6O/c1-16-4-6-19(15-24-16)28-17(2)20(8-9-23-3)26-22(28)18-5-7-21(25-14-18)27-10-12-29-13-11-27/h4-9,14-15H,3,10-13H2,1-2H3/b9-8-. The molecule has 1 saturated heterocycles. The van der Waals surface area contributed by atoms with Gasteiger partial charge >= 0.3 is 0 Å². The molecule has 0 saturated carbocycles. The first kappa shape index (κ1) is 19.0. The van der Waals surface area contributed by atoms with Crippen LogP contribution in [0.2, 0.25) is 0 Å². The number of nitrogens with zero attached hydrogens (tertiary/aromatic N) is 6. The zero-order chi connectivity index (χ0) is 20.2. The van der Waals surface area contributed by atoms with Crippen LogP contribution in [0.25, 0.3) is 23.2 Å². The minimum atomic E-state index is 0.737. The Morgan fingerprint density at radius 3 is 2.55 bits per heavy atom. The van der Waals surface area contributed by atoms with E-state index in [0.717, 1.165) is 66.3 Å². The summed E-state index contributed by atoms with van der Waals surface area (Å²) in [5.74, 6) is 1.78. The van der Waals surface area contributed by atoms with Crippen LogP contribution in [0.1, 0.15) is 17.1 Å². The van der Waals surface area contributed by atoms with Crippen LogP contribution in [-0.4, -0.2) is 52.5 Å². The van der Waals surface area contributed by atoms with E-state index in [2.05, 4.69) is 43.3 Å².